The van der Waals surface area contributed by atoms with E-state index in [9.17, 15) is 4.79 Å². The van der Waals surface area contributed by atoms with Gasteiger partial charge in [-0.1, -0.05) is 42.5 Å². The van der Waals surface area contributed by atoms with Crippen LogP contribution in [0.25, 0.3) is 16.4 Å². The summed E-state index contributed by atoms with van der Waals surface area (Å²) in [6.07, 6.45) is 3.79. The average molecular weight is 384 g/mol. The Morgan fingerprint density at radius 3 is 2.66 bits per heavy atom. The molecule has 1 amide bonds. The largest absolute Gasteiger partial charge is 0.335 e. The lowest BCUT2D eigenvalue weighted by molar-refractivity contribution is 0.0624. The standard InChI is InChI=1S/C24H24N4O/c1-18-9-10-28-17-22(25-23(28)15-18)24(29)27-13-11-26(12-14-27)16-20-7-4-6-19-5-2-3-8-21(19)20/h2-10,15,17H,11-14,16H2,1H3. The molecule has 1 aliphatic rings. The molecule has 0 bridgehead atoms. The predicted molar refractivity (Wildman–Crippen MR) is 115 cm³/mol. The first-order chi connectivity index (χ1) is 14.2. The molecule has 0 spiro atoms. The lowest BCUT2D eigenvalue weighted by atomic mass is 10.0. The lowest BCUT2D eigenvalue weighted by Gasteiger charge is -2.34. The lowest BCUT2D eigenvalue weighted by Crippen LogP contribution is -2.48. The number of fused-ring (bicyclic) bond motifs is 2. The number of benzene rings is 2. The molecule has 2 aromatic heterocycles. The number of aromatic nitrogens is 2. The van der Waals surface area contributed by atoms with Crippen LogP contribution in [0.1, 0.15) is 21.6 Å². The number of amides is 1. The smallest absolute Gasteiger partial charge is 0.274 e. The summed E-state index contributed by atoms with van der Waals surface area (Å²) in [7, 11) is 0. The summed E-state index contributed by atoms with van der Waals surface area (Å²) in [5.41, 5.74) is 3.84. The van der Waals surface area contributed by atoms with Gasteiger partial charge in [-0.15, -0.1) is 0 Å². The molecule has 29 heavy (non-hydrogen) atoms. The fourth-order valence-corrected chi connectivity index (χ4v) is 4.13. The van der Waals surface area contributed by atoms with Crippen LogP contribution in [-0.2, 0) is 6.54 Å². The predicted octanol–water partition coefficient (Wildman–Crippen LogP) is 3.75. The fraction of sp³-hybridized carbons (Fsp3) is 0.250. The molecule has 5 heteroatoms. The van der Waals surface area contributed by atoms with E-state index in [1.54, 1.807) is 0 Å². The van der Waals surface area contributed by atoms with Crippen LogP contribution in [0.2, 0.25) is 0 Å². The van der Waals surface area contributed by atoms with E-state index in [2.05, 4.69) is 52.3 Å². The molecule has 0 atom stereocenters. The molecule has 5 nitrogen and oxygen atoms in total. The van der Waals surface area contributed by atoms with Crippen LogP contribution >= 0.6 is 0 Å². The Labute approximate surface area is 170 Å². The zero-order valence-electron chi connectivity index (χ0n) is 16.6. The van der Waals surface area contributed by atoms with Crippen molar-refractivity contribution >= 4 is 22.3 Å². The zero-order chi connectivity index (χ0) is 19.8. The molecule has 146 valence electrons. The van der Waals surface area contributed by atoms with E-state index >= 15 is 0 Å². The first-order valence-corrected chi connectivity index (χ1v) is 10.1. The van der Waals surface area contributed by atoms with E-state index in [-0.39, 0.29) is 5.91 Å². The maximum absolute atomic E-state index is 12.9. The van der Waals surface area contributed by atoms with Crippen LogP contribution in [0.4, 0.5) is 0 Å². The number of carbonyl (C=O) groups is 1. The van der Waals surface area contributed by atoms with Gasteiger partial charge >= 0.3 is 0 Å². The van der Waals surface area contributed by atoms with Crippen molar-refractivity contribution in [1.29, 1.82) is 0 Å². The highest BCUT2D eigenvalue weighted by atomic mass is 16.2. The monoisotopic (exact) mass is 384 g/mol. The molecule has 1 saturated heterocycles. The van der Waals surface area contributed by atoms with Gasteiger partial charge < -0.3 is 9.30 Å². The van der Waals surface area contributed by atoms with E-state index in [0.29, 0.717) is 5.69 Å². The Hall–Kier alpha value is -3.18. The number of piperazine rings is 1. The Morgan fingerprint density at radius 2 is 1.79 bits per heavy atom. The molecule has 0 aliphatic carbocycles. The Bertz CT molecular complexity index is 1180. The van der Waals surface area contributed by atoms with Gasteiger partial charge in [-0.05, 0) is 41.0 Å². The third kappa shape index (κ3) is 3.49. The van der Waals surface area contributed by atoms with Crippen LogP contribution in [-0.4, -0.2) is 51.3 Å². The number of imidazole rings is 1. The molecular weight excluding hydrogens is 360 g/mol. The maximum atomic E-state index is 12.9. The number of hydrogen-bond donors (Lipinski definition) is 0. The summed E-state index contributed by atoms with van der Waals surface area (Å²) < 4.78 is 1.91. The van der Waals surface area contributed by atoms with Gasteiger partial charge in [-0.2, -0.15) is 0 Å². The number of nitrogens with zero attached hydrogens (tertiary/aromatic N) is 4. The third-order valence-electron chi connectivity index (χ3n) is 5.77. The normalized spacial score (nSPS) is 15.3. The summed E-state index contributed by atoms with van der Waals surface area (Å²) in [5.74, 6) is 0.0242. The van der Waals surface area contributed by atoms with Crippen LogP contribution in [0, 0.1) is 6.92 Å². The summed E-state index contributed by atoms with van der Waals surface area (Å²) >= 11 is 0. The highest BCUT2D eigenvalue weighted by molar-refractivity contribution is 5.93. The average Bonchev–Trinajstić information content (AvgIpc) is 3.17. The highest BCUT2D eigenvalue weighted by Crippen LogP contribution is 2.21. The van der Waals surface area contributed by atoms with Crippen molar-refractivity contribution in [1.82, 2.24) is 19.2 Å². The van der Waals surface area contributed by atoms with Gasteiger partial charge in [0.05, 0.1) is 0 Å². The SMILES string of the molecule is Cc1ccn2cc(C(=O)N3CCN(Cc4cccc5ccccc45)CC3)nc2c1. The van der Waals surface area contributed by atoms with Crippen molar-refractivity contribution in [3.05, 3.63) is 83.8 Å². The van der Waals surface area contributed by atoms with Gasteiger partial charge in [0.25, 0.3) is 5.91 Å². The van der Waals surface area contributed by atoms with Crippen LogP contribution in [0.15, 0.2) is 67.0 Å². The minimum absolute atomic E-state index is 0.0242. The molecule has 3 heterocycles. The van der Waals surface area contributed by atoms with E-state index in [0.717, 1.165) is 43.9 Å². The Morgan fingerprint density at radius 1 is 1.00 bits per heavy atom. The van der Waals surface area contributed by atoms with Crippen molar-refractivity contribution in [3.8, 4) is 0 Å². The second kappa shape index (κ2) is 7.33. The molecule has 4 aromatic rings. The van der Waals surface area contributed by atoms with Crippen LogP contribution < -0.4 is 0 Å². The minimum Gasteiger partial charge on any atom is -0.335 e. The molecule has 5 rings (SSSR count). The Balaban J connectivity index is 1.26. The molecule has 0 unspecified atom stereocenters. The molecule has 2 aromatic carbocycles. The second-order valence-electron chi connectivity index (χ2n) is 7.80. The quantitative estimate of drug-likeness (QED) is 0.540. The van der Waals surface area contributed by atoms with E-state index in [1.807, 2.05) is 40.8 Å². The summed E-state index contributed by atoms with van der Waals surface area (Å²) in [5, 5.41) is 2.59. The zero-order valence-corrected chi connectivity index (χ0v) is 16.6. The van der Waals surface area contributed by atoms with E-state index < -0.39 is 0 Å². The number of carbonyl (C=O) groups excluding carboxylic acids is 1. The number of aryl methyl sites for hydroxylation is 1. The molecule has 1 fully saturated rings. The van der Waals surface area contributed by atoms with Gasteiger partial charge in [0, 0.05) is 45.1 Å². The van der Waals surface area contributed by atoms with E-state index in [1.165, 1.54) is 16.3 Å². The third-order valence-corrected chi connectivity index (χ3v) is 5.77. The molecular formula is C24H24N4O. The summed E-state index contributed by atoms with van der Waals surface area (Å²) in [6, 6.07) is 19.0. The van der Waals surface area contributed by atoms with Gasteiger partial charge in [0.1, 0.15) is 11.3 Å². The van der Waals surface area contributed by atoms with Gasteiger partial charge in [0.15, 0.2) is 0 Å². The van der Waals surface area contributed by atoms with Crippen molar-refractivity contribution in [2.24, 2.45) is 0 Å². The molecule has 0 N–H and O–H groups in total. The van der Waals surface area contributed by atoms with Gasteiger partial charge in [-0.3, -0.25) is 9.69 Å². The van der Waals surface area contributed by atoms with Crippen molar-refractivity contribution in [3.63, 3.8) is 0 Å². The van der Waals surface area contributed by atoms with Crippen molar-refractivity contribution < 1.29 is 4.79 Å². The fourth-order valence-electron chi connectivity index (χ4n) is 4.13. The van der Waals surface area contributed by atoms with Crippen molar-refractivity contribution in [2.75, 3.05) is 26.2 Å². The first kappa shape index (κ1) is 17.9. The number of hydrogen-bond acceptors (Lipinski definition) is 3. The maximum Gasteiger partial charge on any atom is 0.274 e. The Kier molecular flexibility index (Phi) is 4.52. The topological polar surface area (TPSA) is 40.9 Å². The first-order valence-electron chi connectivity index (χ1n) is 10.1. The van der Waals surface area contributed by atoms with Gasteiger partial charge in [-0.25, -0.2) is 4.98 Å². The molecule has 0 radical (unpaired) electrons. The van der Waals surface area contributed by atoms with Crippen LogP contribution in [0.3, 0.4) is 0 Å². The van der Waals surface area contributed by atoms with E-state index in [4.69, 9.17) is 0 Å². The number of rotatable bonds is 3. The highest BCUT2D eigenvalue weighted by Gasteiger charge is 2.24. The second-order valence-corrected chi connectivity index (χ2v) is 7.80. The molecule has 0 saturated carbocycles. The number of pyridine rings is 1. The summed E-state index contributed by atoms with van der Waals surface area (Å²) in [6.45, 7) is 6.16. The van der Waals surface area contributed by atoms with Gasteiger partial charge in [0.2, 0.25) is 0 Å². The minimum atomic E-state index is 0.0242. The van der Waals surface area contributed by atoms with Crippen molar-refractivity contribution in [2.45, 2.75) is 13.5 Å². The van der Waals surface area contributed by atoms with Crippen LogP contribution in [0.5, 0.6) is 0 Å². The molecule has 1 aliphatic heterocycles. The summed E-state index contributed by atoms with van der Waals surface area (Å²) in [4.78, 5) is 21.8.